The van der Waals surface area contributed by atoms with Crippen molar-refractivity contribution in [2.75, 3.05) is 12.1 Å². The highest BCUT2D eigenvalue weighted by Gasteiger charge is 2.32. The van der Waals surface area contributed by atoms with Gasteiger partial charge in [-0.2, -0.15) is 5.10 Å². The standard InChI is InChI=1S/C18H17ClFN3O.C7H14/c1-11-9-13(19)5-8-16(11)23-17(10-15(22-23)18(24)21-2)12-3-6-14(20)7-4-12;1-2-4-6-7-5-3-1/h3-9,17H,10H2,1-2H3,(H,21,24);1-7H2. The lowest BCUT2D eigenvalue weighted by Gasteiger charge is -2.25. The first-order chi connectivity index (χ1) is 15.0. The fourth-order valence-electron chi connectivity index (χ4n) is 4.07. The summed E-state index contributed by atoms with van der Waals surface area (Å²) in [6, 6.07) is 11.6. The second-order valence-corrected chi connectivity index (χ2v) is 8.58. The molecule has 1 amide bonds. The van der Waals surface area contributed by atoms with E-state index in [9.17, 15) is 9.18 Å². The van der Waals surface area contributed by atoms with E-state index in [1.165, 1.54) is 57.1 Å². The topological polar surface area (TPSA) is 44.7 Å². The number of benzene rings is 2. The molecule has 1 unspecified atom stereocenters. The minimum Gasteiger partial charge on any atom is -0.354 e. The molecule has 2 aromatic rings. The lowest BCUT2D eigenvalue weighted by molar-refractivity contribution is -0.114. The highest BCUT2D eigenvalue weighted by Crippen LogP contribution is 2.37. The number of anilines is 1. The summed E-state index contributed by atoms with van der Waals surface area (Å²) in [7, 11) is 1.58. The molecule has 1 aliphatic carbocycles. The van der Waals surface area contributed by atoms with Gasteiger partial charge in [0, 0.05) is 18.5 Å². The second-order valence-electron chi connectivity index (χ2n) is 8.15. The predicted octanol–water partition coefficient (Wildman–Crippen LogP) is 6.57. The summed E-state index contributed by atoms with van der Waals surface area (Å²) < 4.78 is 13.2. The molecule has 1 aliphatic heterocycles. The number of carbonyl (C=O) groups excluding carboxylic acids is 1. The molecule has 1 fully saturated rings. The van der Waals surface area contributed by atoms with Gasteiger partial charge in [0.1, 0.15) is 11.5 Å². The van der Waals surface area contributed by atoms with Gasteiger partial charge in [-0.3, -0.25) is 9.80 Å². The quantitative estimate of drug-likeness (QED) is 0.545. The van der Waals surface area contributed by atoms with Crippen LogP contribution in [0.1, 0.15) is 68.5 Å². The zero-order chi connectivity index (χ0) is 22.2. The van der Waals surface area contributed by atoms with Crippen LogP contribution in [0, 0.1) is 12.7 Å². The molecule has 0 bridgehead atoms. The molecule has 166 valence electrons. The zero-order valence-corrected chi connectivity index (χ0v) is 19.1. The SMILES string of the molecule is C1CCCCCC1.CNC(=O)C1=NN(c2ccc(Cl)cc2C)C(c2ccc(F)cc2)C1. The first-order valence-electron chi connectivity index (χ1n) is 11.1. The maximum atomic E-state index is 13.2. The van der Waals surface area contributed by atoms with E-state index in [2.05, 4.69) is 10.4 Å². The van der Waals surface area contributed by atoms with Gasteiger partial charge in [-0.05, 0) is 48.4 Å². The molecule has 1 heterocycles. The van der Waals surface area contributed by atoms with Crippen LogP contribution in [0.15, 0.2) is 47.6 Å². The van der Waals surface area contributed by atoms with Crippen LogP contribution in [0.2, 0.25) is 5.02 Å². The molecule has 1 N–H and O–H groups in total. The molecular formula is C25H31ClFN3O. The van der Waals surface area contributed by atoms with Gasteiger partial charge in [0.15, 0.2) is 0 Å². The van der Waals surface area contributed by atoms with Gasteiger partial charge in [0.05, 0.1) is 11.7 Å². The van der Waals surface area contributed by atoms with Crippen molar-refractivity contribution < 1.29 is 9.18 Å². The van der Waals surface area contributed by atoms with Crippen molar-refractivity contribution in [2.45, 2.75) is 64.3 Å². The van der Waals surface area contributed by atoms with Gasteiger partial charge in [-0.1, -0.05) is 68.7 Å². The van der Waals surface area contributed by atoms with Crippen LogP contribution in [-0.4, -0.2) is 18.7 Å². The Balaban J connectivity index is 0.000000330. The van der Waals surface area contributed by atoms with Crippen LogP contribution >= 0.6 is 11.6 Å². The van der Waals surface area contributed by atoms with Crippen LogP contribution in [-0.2, 0) is 4.79 Å². The third kappa shape index (κ3) is 6.30. The largest absolute Gasteiger partial charge is 0.354 e. The molecule has 1 saturated carbocycles. The molecule has 2 aliphatic rings. The lowest BCUT2D eigenvalue weighted by atomic mass is 10.0. The van der Waals surface area contributed by atoms with Crippen molar-refractivity contribution in [1.29, 1.82) is 0 Å². The van der Waals surface area contributed by atoms with Gasteiger partial charge in [-0.15, -0.1) is 0 Å². The number of aryl methyl sites for hydroxylation is 1. The number of halogens is 2. The van der Waals surface area contributed by atoms with Gasteiger partial charge in [0.25, 0.3) is 5.91 Å². The van der Waals surface area contributed by atoms with E-state index in [-0.39, 0.29) is 17.8 Å². The van der Waals surface area contributed by atoms with Crippen LogP contribution in [0.25, 0.3) is 0 Å². The van der Waals surface area contributed by atoms with Gasteiger partial charge < -0.3 is 5.32 Å². The van der Waals surface area contributed by atoms with E-state index in [0.29, 0.717) is 17.2 Å². The third-order valence-electron chi connectivity index (χ3n) is 5.81. The summed E-state index contributed by atoms with van der Waals surface area (Å²) in [4.78, 5) is 12.0. The first kappa shape index (κ1) is 23.3. The zero-order valence-electron chi connectivity index (χ0n) is 18.3. The van der Waals surface area contributed by atoms with Crippen molar-refractivity contribution in [3.8, 4) is 0 Å². The number of hydrazone groups is 1. The van der Waals surface area contributed by atoms with Gasteiger partial charge >= 0.3 is 0 Å². The van der Waals surface area contributed by atoms with E-state index >= 15 is 0 Å². The molecule has 0 radical (unpaired) electrons. The molecule has 6 heteroatoms. The molecule has 4 nitrogen and oxygen atoms in total. The van der Waals surface area contributed by atoms with E-state index in [1.54, 1.807) is 25.2 Å². The Morgan fingerprint density at radius 1 is 1.03 bits per heavy atom. The number of hydrogen-bond donors (Lipinski definition) is 1. The average molecular weight is 444 g/mol. The van der Waals surface area contributed by atoms with Crippen LogP contribution in [0.4, 0.5) is 10.1 Å². The minimum atomic E-state index is -0.293. The number of hydrogen-bond acceptors (Lipinski definition) is 3. The van der Waals surface area contributed by atoms with Crippen molar-refractivity contribution in [1.82, 2.24) is 5.32 Å². The first-order valence-corrected chi connectivity index (χ1v) is 11.5. The van der Waals surface area contributed by atoms with Gasteiger partial charge in [-0.25, -0.2) is 4.39 Å². The van der Waals surface area contributed by atoms with E-state index < -0.39 is 0 Å². The van der Waals surface area contributed by atoms with Crippen LogP contribution in [0.5, 0.6) is 0 Å². The van der Waals surface area contributed by atoms with E-state index in [0.717, 1.165) is 16.8 Å². The number of rotatable bonds is 3. The minimum absolute atomic E-state index is 0.169. The number of nitrogens with zero attached hydrogens (tertiary/aromatic N) is 2. The van der Waals surface area contributed by atoms with Gasteiger partial charge in [0.2, 0.25) is 0 Å². The summed E-state index contributed by atoms with van der Waals surface area (Å²) in [5, 5.41) is 9.56. The molecule has 0 aromatic heterocycles. The maximum Gasteiger partial charge on any atom is 0.267 e. The molecular weight excluding hydrogens is 413 g/mol. The molecule has 31 heavy (non-hydrogen) atoms. The summed E-state index contributed by atoms with van der Waals surface area (Å²) in [5.74, 6) is -0.505. The summed E-state index contributed by atoms with van der Waals surface area (Å²) >= 11 is 6.04. The lowest BCUT2D eigenvalue weighted by Crippen LogP contribution is -2.26. The Morgan fingerprint density at radius 2 is 1.61 bits per heavy atom. The van der Waals surface area contributed by atoms with Crippen LogP contribution < -0.4 is 10.3 Å². The normalized spacial score (nSPS) is 18.5. The van der Waals surface area contributed by atoms with Crippen molar-refractivity contribution in [3.63, 3.8) is 0 Å². The van der Waals surface area contributed by atoms with Crippen molar-refractivity contribution in [2.24, 2.45) is 5.10 Å². The fourth-order valence-corrected chi connectivity index (χ4v) is 4.30. The molecule has 0 spiro atoms. The predicted molar refractivity (Wildman–Crippen MR) is 126 cm³/mol. The summed E-state index contributed by atoms with van der Waals surface area (Å²) in [6.45, 7) is 1.94. The van der Waals surface area contributed by atoms with E-state index in [4.69, 9.17) is 11.6 Å². The number of amides is 1. The number of nitrogens with one attached hydrogen (secondary N) is 1. The molecule has 1 atom stereocenters. The summed E-state index contributed by atoms with van der Waals surface area (Å²) in [5.41, 5.74) is 3.17. The molecule has 4 rings (SSSR count). The summed E-state index contributed by atoms with van der Waals surface area (Å²) in [6.07, 6.45) is 11.0. The van der Waals surface area contributed by atoms with Crippen molar-refractivity contribution >= 4 is 28.9 Å². The van der Waals surface area contributed by atoms with Crippen molar-refractivity contribution in [3.05, 3.63) is 64.4 Å². The molecule has 0 saturated heterocycles. The Labute approximate surface area is 189 Å². The molecule has 2 aromatic carbocycles. The Kier molecular flexibility index (Phi) is 8.47. The Morgan fingerprint density at radius 3 is 2.13 bits per heavy atom. The second kappa shape index (κ2) is 11.3. The highest BCUT2D eigenvalue weighted by atomic mass is 35.5. The Hall–Kier alpha value is -2.40. The monoisotopic (exact) mass is 443 g/mol. The third-order valence-corrected chi connectivity index (χ3v) is 6.05. The smallest absolute Gasteiger partial charge is 0.267 e. The maximum absolute atomic E-state index is 13.2. The van der Waals surface area contributed by atoms with E-state index in [1.807, 2.05) is 24.1 Å². The number of carbonyl (C=O) groups is 1. The van der Waals surface area contributed by atoms with Crippen LogP contribution in [0.3, 0.4) is 0 Å². The Bertz CT molecular complexity index is 894. The average Bonchev–Trinajstić information content (AvgIpc) is 2.98. The fraction of sp³-hybridized carbons (Fsp3) is 0.440. The highest BCUT2D eigenvalue weighted by molar-refractivity contribution is 6.39.